The molecule has 0 fully saturated rings. The van der Waals surface area contributed by atoms with Gasteiger partial charge in [-0.25, -0.2) is 0 Å². The van der Waals surface area contributed by atoms with Crippen molar-refractivity contribution in [3.05, 3.63) is 81.2 Å². The number of carboxylic acid groups (broad SMARTS) is 2. The van der Waals surface area contributed by atoms with Crippen molar-refractivity contribution >= 4 is 28.7 Å². The molecule has 4 rings (SSSR count). The van der Waals surface area contributed by atoms with E-state index in [1.54, 1.807) is 12.1 Å². The van der Waals surface area contributed by atoms with Crippen LogP contribution >= 0.6 is 0 Å². The van der Waals surface area contributed by atoms with Crippen LogP contribution in [0, 0.1) is 0 Å². The van der Waals surface area contributed by atoms with Gasteiger partial charge in [0.25, 0.3) is 0 Å². The maximum Gasteiger partial charge on any atom is 1.00 e. The largest absolute Gasteiger partial charge is 1.00 e. The Kier molecular flexibility index (Phi) is 10.5. The summed E-state index contributed by atoms with van der Waals surface area (Å²) in [5, 5.41) is 32.3. The van der Waals surface area contributed by atoms with E-state index in [9.17, 15) is 34.5 Å². The van der Waals surface area contributed by atoms with E-state index < -0.39 is 35.0 Å². The summed E-state index contributed by atoms with van der Waals surface area (Å²) in [6.07, 6.45) is -0.175. The van der Waals surface area contributed by atoms with Gasteiger partial charge in [0.05, 0.1) is 11.5 Å². The molecule has 1 heterocycles. The molecule has 2 aromatic carbocycles. The van der Waals surface area contributed by atoms with Crippen molar-refractivity contribution < 1.29 is 103 Å². The Morgan fingerprint density at radius 2 is 1.61 bits per heavy atom. The van der Waals surface area contributed by atoms with Gasteiger partial charge in [-0.05, 0) is 35.4 Å². The number of carbonyl (C=O) groups excluding carboxylic acids is 3. The molecule has 0 aliphatic heterocycles. The van der Waals surface area contributed by atoms with Crippen LogP contribution in [0.2, 0.25) is 0 Å². The van der Waals surface area contributed by atoms with E-state index in [1.165, 1.54) is 24.3 Å². The number of ketones is 1. The Labute approximate surface area is 248 Å². The molecule has 10 nitrogen and oxygen atoms in total. The number of aromatic carboxylic acids is 1. The minimum absolute atomic E-state index is 0. The van der Waals surface area contributed by atoms with Crippen LogP contribution in [0.15, 0.2) is 63.3 Å². The zero-order valence-electron chi connectivity index (χ0n) is 19.4. The number of aliphatic hydroxyl groups excluding tert-OH is 1. The third-order valence-electron chi connectivity index (χ3n) is 5.09. The van der Waals surface area contributed by atoms with Crippen LogP contribution in [0.4, 0.5) is 0 Å². The summed E-state index contributed by atoms with van der Waals surface area (Å²) in [5.41, 5.74) is -0.132. The van der Waals surface area contributed by atoms with Gasteiger partial charge in [-0.3, -0.25) is 9.59 Å². The molecule has 1 unspecified atom stereocenters. The molecule has 0 spiro atoms. The molecule has 0 saturated heterocycles. The topological polar surface area (TPSA) is 166 Å². The summed E-state index contributed by atoms with van der Waals surface area (Å²) in [5.74, 6) is -3.97. The molecule has 1 aliphatic carbocycles. The minimum atomic E-state index is -1.63. The van der Waals surface area contributed by atoms with E-state index in [0.717, 1.165) is 12.1 Å². The number of ether oxygens (including phenoxy) is 2. The Morgan fingerprint density at radius 3 is 2.28 bits per heavy atom. The summed E-state index contributed by atoms with van der Waals surface area (Å²) < 4.78 is 16.2. The normalized spacial score (nSPS) is 12.9. The molecule has 0 saturated carbocycles. The van der Waals surface area contributed by atoms with Crippen molar-refractivity contribution in [3.63, 3.8) is 0 Å². The molecule has 1 N–H and O–H groups in total. The van der Waals surface area contributed by atoms with Gasteiger partial charge in [-0.15, -0.1) is 0 Å². The number of allylic oxidation sites excluding steroid dienone is 1. The van der Waals surface area contributed by atoms with Gasteiger partial charge in [0.1, 0.15) is 47.8 Å². The van der Waals surface area contributed by atoms with Gasteiger partial charge >= 0.3 is 59.1 Å². The van der Waals surface area contributed by atoms with E-state index in [-0.39, 0.29) is 112 Å². The van der Waals surface area contributed by atoms with Crippen molar-refractivity contribution in [2.45, 2.75) is 12.5 Å². The fourth-order valence-electron chi connectivity index (χ4n) is 3.56. The Morgan fingerprint density at radius 1 is 0.972 bits per heavy atom. The second-order valence-electron chi connectivity index (χ2n) is 7.46. The predicted molar refractivity (Wildman–Crippen MR) is 111 cm³/mol. The molecule has 1 atom stereocenters. The maximum atomic E-state index is 12.4. The predicted octanol–water partition coefficient (Wildman–Crippen LogP) is -6.60. The first-order valence-electron chi connectivity index (χ1n) is 10.0. The third-order valence-corrected chi connectivity index (χ3v) is 5.09. The minimum Gasteiger partial charge on any atom is -0.545 e. The first-order chi connectivity index (χ1) is 16.2. The number of hydrogen-bond acceptors (Lipinski definition) is 10. The first kappa shape index (κ1) is 29.8. The third kappa shape index (κ3) is 6.46. The van der Waals surface area contributed by atoms with Crippen molar-refractivity contribution in [2.24, 2.45) is 0 Å². The molecular weight excluding hydrogens is 494 g/mol. The maximum absolute atomic E-state index is 12.4. The van der Waals surface area contributed by atoms with Gasteiger partial charge in [0.15, 0.2) is 17.0 Å². The molecule has 0 bridgehead atoms. The van der Waals surface area contributed by atoms with Gasteiger partial charge in [-0.1, -0.05) is 18.2 Å². The van der Waals surface area contributed by atoms with Gasteiger partial charge < -0.3 is 38.8 Å². The van der Waals surface area contributed by atoms with Crippen molar-refractivity contribution in [1.82, 2.24) is 0 Å². The fraction of sp³-hybridized carbons (Fsp3) is 0.167. The number of fused-ring (bicyclic) bond motifs is 2. The van der Waals surface area contributed by atoms with Crippen molar-refractivity contribution in [1.29, 1.82) is 0 Å². The van der Waals surface area contributed by atoms with Crippen molar-refractivity contribution in [3.8, 4) is 11.5 Å². The summed E-state index contributed by atoms with van der Waals surface area (Å²) in [7, 11) is 0. The summed E-state index contributed by atoms with van der Waals surface area (Å²) in [6, 6.07) is 9.84. The fourth-order valence-corrected chi connectivity index (χ4v) is 3.56. The van der Waals surface area contributed by atoms with Crippen LogP contribution in [0.25, 0.3) is 11.0 Å². The molecule has 0 amide bonds. The standard InChI is InChI=1S/C24H18O10.2Na/c25-14(10-32-17-4-1-3-12-7-13(23(28)29)8-15(26)21(12)17)11-33-18-5-2-6-19-22(18)16(27)9-20(34-19)24(30)31;;/h1-6,8-9,14,25H,7,10-11H2,(H,28,29)(H,30,31);;/q;2*+1/p-2. The zero-order valence-corrected chi connectivity index (χ0v) is 23.4. The number of aliphatic hydroxyl groups is 1. The number of carbonyl (C=O) groups is 3. The molecule has 174 valence electrons. The number of benzene rings is 2. The quantitative estimate of drug-likeness (QED) is 0.288. The summed E-state index contributed by atoms with van der Waals surface area (Å²) >= 11 is 0. The molecular formula is C24H16Na2O10. The second-order valence-corrected chi connectivity index (χ2v) is 7.46. The Hall–Kier alpha value is -2.44. The Balaban J connectivity index is 0.00000228. The molecule has 1 aromatic heterocycles. The second kappa shape index (κ2) is 12.7. The average Bonchev–Trinajstić information content (AvgIpc) is 2.80. The van der Waals surface area contributed by atoms with Gasteiger partial charge in [0, 0.05) is 12.5 Å². The van der Waals surface area contributed by atoms with Crippen molar-refractivity contribution in [2.75, 3.05) is 13.2 Å². The van der Waals surface area contributed by atoms with Gasteiger partial charge in [-0.2, -0.15) is 0 Å². The van der Waals surface area contributed by atoms with Gasteiger partial charge in [0.2, 0.25) is 0 Å². The van der Waals surface area contributed by atoms with E-state index >= 15 is 0 Å². The van der Waals surface area contributed by atoms with Crippen LogP contribution in [0.3, 0.4) is 0 Å². The number of aliphatic carboxylic acids is 1. The molecule has 1 aliphatic rings. The SMILES string of the molecule is O=C([O-])C1=CC(=O)c2c(cccc2OCC(O)COc2cccc3oc(C(=O)[O-])cc(=O)c23)C1.[Na+].[Na+]. The first-order valence-corrected chi connectivity index (χ1v) is 10.0. The van der Waals surface area contributed by atoms with E-state index in [2.05, 4.69) is 0 Å². The molecule has 36 heavy (non-hydrogen) atoms. The number of hydrogen-bond donors (Lipinski definition) is 1. The van der Waals surface area contributed by atoms with Crippen LogP contribution in [-0.4, -0.2) is 42.1 Å². The molecule has 0 radical (unpaired) electrons. The number of carboxylic acids is 2. The zero-order chi connectivity index (χ0) is 24.4. The average molecular weight is 510 g/mol. The van der Waals surface area contributed by atoms with E-state index in [4.69, 9.17) is 13.9 Å². The van der Waals surface area contributed by atoms with E-state index in [0.29, 0.717) is 5.56 Å². The van der Waals surface area contributed by atoms with Crippen LogP contribution < -0.4 is 84.2 Å². The molecule has 12 heteroatoms. The number of rotatable bonds is 8. The summed E-state index contributed by atoms with van der Waals surface area (Å²) in [6.45, 7) is -0.562. The van der Waals surface area contributed by atoms with E-state index in [1.807, 2.05) is 0 Å². The summed E-state index contributed by atoms with van der Waals surface area (Å²) in [4.78, 5) is 46.8. The van der Waals surface area contributed by atoms with Crippen LogP contribution in [-0.2, 0) is 11.2 Å². The Bertz CT molecular complexity index is 1410. The molecule has 3 aromatic rings. The van der Waals surface area contributed by atoms with Crippen LogP contribution in [0.1, 0.15) is 26.5 Å². The smallest absolute Gasteiger partial charge is 0.545 e. The van der Waals surface area contributed by atoms with Crippen LogP contribution in [0.5, 0.6) is 11.5 Å². The monoisotopic (exact) mass is 510 g/mol.